The van der Waals surface area contributed by atoms with Crippen molar-refractivity contribution in [1.82, 2.24) is 9.97 Å². The quantitative estimate of drug-likeness (QED) is 0.596. The minimum absolute atomic E-state index is 0.131. The Morgan fingerprint density at radius 1 is 1.00 bits per heavy atom. The number of rotatable bonds is 3. The van der Waals surface area contributed by atoms with Crippen molar-refractivity contribution in [2.24, 2.45) is 0 Å². The Morgan fingerprint density at radius 3 is 2.67 bits per heavy atom. The molecule has 0 radical (unpaired) electrons. The Kier molecular flexibility index (Phi) is 3.76. The molecule has 0 aliphatic carbocycles. The zero-order valence-electron chi connectivity index (χ0n) is 12.6. The molecule has 2 heterocycles. The maximum atomic E-state index is 12.6. The topological polar surface area (TPSA) is 54.9 Å². The first-order valence-electron chi connectivity index (χ1n) is 7.45. The summed E-state index contributed by atoms with van der Waals surface area (Å²) < 4.78 is 0. The van der Waals surface area contributed by atoms with E-state index >= 15 is 0 Å². The van der Waals surface area contributed by atoms with Crippen molar-refractivity contribution in [1.29, 1.82) is 0 Å². The Hall–Kier alpha value is -3.05. The predicted octanol–water partition coefficient (Wildman–Crippen LogP) is 4.61. The Morgan fingerprint density at radius 2 is 1.88 bits per heavy atom. The molecule has 116 valence electrons. The standard InChI is InChI=1S/C19H13N3OS/c23-18(17-3-1-2-14-12-20-9-8-16(14)17)22-15-6-4-13(5-7-15)19-21-10-11-24-19/h1-12H,(H,22,23). The molecule has 2 aromatic heterocycles. The van der Waals surface area contributed by atoms with Gasteiger partial charge in [0, 0.05) is 46.2 Å². The van der Waals surface area contributed by atoms with Crippen LogP contribution in [0.4, 0.5) is 5.69 Å². The monoisotopic (exact) mass is 331 g/mol. The van der Waals surface area contributed by atoms with E-state index in [9.17, 15) is 4.79 Å². The number of carbonyl (C=O) groups is 1. The molecule has 1 amide bonds. The van der Waals surface area contributed by atoms with E-state index in [1.807, 2.05) is 53.9 Å². The number of aromatic nitrogens is 2. The van der Waals surface area contributed by atoms with Gasteiger partial charge in [-0.25, -0.2) is 4.98 Å². The van der Waals surface area contributed by atoms with Gasteiger partial charge in [-0.2, -0.15) is 0 Å². The molecule has 4 rings (SSSR count). The highest BCUT2D eigenvalue weighted by molar-refractivity contribution is 7.13. The molecule has 4 aromatic rings. The number of nitrogens with one attached hydrogen (secondary N) is 1. The molecule has 0 unspecified atom stereocenters. The van der Waals surface area contributed by atoms with Crippen LogP contribution in [0.25, 0.3) is 21.3 Å². The molecule has 2 aromatic carbocycles. The average Bonchev–Trinajstić information content (AvgIpc) is 3.16. The van der Waals surface area contributed by atoms with Gasteiger partial charge in [0.25, 0.3) is 5.91 Å². The van der Waals surface area contributed by atoms with Gasteiger partial charge in [0.05, 0.1) is 0 Å². The molecule has 4 nitrogen and oxygen atoms in total. The minimum atomic E-state index is -0.131. The first kappa shape index (κ1) is 14.5. The summed E-state index contributed by atoms with van der Waals surface area (Å²) in [5.74, 6) is -0.131. The van der Waals surface area contributed by atoms with E-state index in [2.05, 4.69) is 15.3 Å². The van der Waals surface area contributed by atoms with Crippen LogP contribution in [0.5, 0.6) is 0 Å². The molecule has 0 saturated carbocycles. The van der Waals surface area contributed by atoms with Crippen molar-refractivity contribution in [2.45, 2.75) is 0 Å². The van der Waals surface area contributed by atoms with Crippen LogP contribution in [0.1, 0.15) is 10.4 Å². The van der Waals surface area contributed by atoms with E-state index in [0.717, 1.165) is 27.0 Å². The van der Waals surface area contributed by atoms with E-state index in [1.165, 1.54) is 0 Å². The molecule has 0 spiro atoms. The number of carbonyl (C=O) groups excluding carboxylic acids is 1. The number of hydrogen-bond donors (Lipinski definition) is 1. The van der Waals surface area contributed by atoms with Gasteiger partial charge in [-0.15, -0.1) is 11.3 Å². The molecule has 0 atom stereocenters. The summed E-state index contributed by atoms with van der Waals surface area (Å²) in [4.78, 5) is 21.0. The smallest absolute Gasteiger partial charge is 0.256 e. The fraction of sp³-hybridized carbons (Fsp3) is 0. The van der Waals surface area contributed by atoms with Crippen molar-refractivity contribution in [3.63, 3.8) is 0 Å². The fourth-order valence-electron chi connectivity index (χ4n) is 2.58. The number of thiazole rings is 1. The molecule has 24 heavy (non-hydrogen) atoms. The third kappa shape index (κ3) is 2.77. The molecule has 0 fully saturated rings. The average molecular weight is 331 g/mol. The largest absolute Gasteiger partial charge is 0.322 e. The lowest BCUT2D eigenvalue weighted by atomic mass is 10.1. The zero-order valence-corrected chi connectivity index (χ0v) is 13.5. The lowest BCUT2D eigenvalue weighted by molar-refractivity contribution is 0.102. The van der Waals surface area contributed by atoms with Crippen molar-refractivity contribution >= 4 is 33.7 Å². The number of amides is 1. The number of fused-ring (bicyclic) bond motifs is 1. The van der Waals surface area contributed by atoms with Gasteiger partial charge in [-0.05, 0) is 41.8 Å². The second-order valence-electron chi connectivity index (χ2n) is 5.27. The van der Waals surface area contributed by atoms with E-state index in [1.54, 1.807) is 29.9 Å². The van der Waals surface area contributed by atoms with Gasteiger partial charge in [0.2, 0.25) is 0 Å². The summed E-state index contributed by atoms with van der Waals surface area (Å²) in [6.07, 6.45) is 5.24. The van der Waals surface area contributed by atoms with Crippen LogP contribution in [0.15, 0.2) is 72.5 Å². The number of pyridine rings is 1. The summed E-state index contributed by atoms with van der Waals surface area (Å²) in [6, 6.07) is 15.2. The van der Waals surface area contributed by atoms with E-state index < -0.39 is 0 Å². The van der Waals surface area contributed by atoms with Crippen molar-refractivity contribution in [3.05, 3.63) is 78.1 Å². The molecule has 0 bridgehead atoms. The van der Waals surface area contributed by atoms with E-state index in [-0.39, 0.29) is 5.91 Å². The van der Waals surface area contributed by atoms with Gasteiger partial charge >= 0.3 is 0 Å². The third-order valence-electron chi connectivity index (χ3n) is 3.75. The van der Waals surface area contributed by atoms with Gasteiger partial charge < -0.3 is 5.32 Å². The highest BCUT2D eigenvalue weighted by atomic mass is 32.1. The van der Waals surface area contributed by atoms with Crippen LogP contribution in [0.2, 0.25) is 0 Å². The van der Waals surface area contributed by atoms with Crippen LogP contribution >= 0.6 is 11.3 Å². The molecule has 5 heteroatoms. The Labute approximate surface area is 142 Å². The van der Waals surface area contributed by atoms with Crippen LogP contribution in [-0.4, -0.2) is 15.9 Å². The van der Waals surface area contributed by atoms with Crippen LogP contribution in [-0.2, 0) is 0 Å². The Balaban J connectivity index is 1.59. The number of benzene rings is 2. The van der Waals surface area contributed by atoms with Gasteiger partial charge in [-0.1, -0.05) is 12.1 Å². The summed E-state index contributed by atoms with van der Waals surface area (Å²) in [6.45, 7) is 0. The summed E-state index contributed by atoms with van der Waals surface area (Å²) in [5.41, 5.74) is 2.43. The first-order valence-corrected chi connectivity index (χ1v) is 8.33. The van der Waals surface area contributed by atoms with Crippen LogP contribution in [0, 0.1) is 0 Å². The Bertz CT molecular complexity index is 989. The maximum Gasteiger partial charge on any atom is 0.256 e. The van der Waals surface area contributed by atoms with Crippen molar-refractivity contribution in [2.75, 3.05) is 5.32 Å². The molecule has 0 aliphatic heterocycles. The lowest BCUT2D eigenvalue weighted by Gasteiger charge is -2.08. The van der Waals surface area contributed by atoms with Gasteiger partial charge in [-0.3, -0.25) is 9.78 Å². The highest BCUT2D eigenvalue weighted by Gasteiger charge is 2.10. The van der Waals surface area contributed by atoms with Crippen molar-refractivity contribution < 1.29 is 4.79 Å². The molecule has 0 aliphatic rings. The first-order chi connectivity index (χ1) is 11.8. The number of nitrogens with zero attached hydrogens (tertiary/aromatic N) is 2. The summed E-state index contributed by atoms with van der Waals surface area (Å²) in [5, 5.41) is 7.70. The third-order valence-corrected chi connectivity index (χ3v) is 4.57. The second-order valence-corrected chi connectivity index (χ2v) is 6.17. The predicted molar refractivity (Wildman–Crippen MR) is 97.2 cm³/mol. The van der Waals surface area contributed by atoms with Crippen LogP contribution < -0.4 is 5.32 Å². The van der Waals surface area contributed by atoms with Crippen LogP contribution in [0.3, 0.4) is 0 Å². The van der Waals surface area contributed by atoms with E-state index in [0.29, 0.717) is 5.56 Å². The zero-order chi connectivity index (χ0) is 16.4. The number of anilines is 1. The lowest BCUT2D eigenvalue weighted by Crippen LogP contribution is -2.12. The highest BCUT2D eigenvalue weighted by Crippen LogP contribution is 2.24. The normalized spacial score (nSPS) is 10.7. The van der Waals surface area contributed by atoms with Gasteiger partial charge in [0.15, 0.2) is 0 Å². The molecule has 0 saturated heterocycles. The second kappa shape index (κ2) is 6.22. The SMILES string of the molecule is O=C(Nc1ccc(-c2nccs2)cc1)c1cccc2cnccc12. The fourth-order valence-corrected chi connectivity index (χ4v) is 3.23. The number of hydrogen-bond acceptors (Lipinski definition) is 4. The van der Waals surface area contributed by atoms with Crippen molar-refractivity contribution in [3.8, 4) is 10.6 Å². The molecular formula is C19H13N3OS. The van der Waals surface area contributed by atoms with E-state index in [4.69, 9.17) is 0 Å². The minimum Gasteiger partial charge on any atom is -0.322 e. The molecule has 1 N–H and O–H groups in total. The summed E-state index contributed by atoms with van der Waals surface area (Å²) >= 11 is 1.59. The summed E-state index contributed by atoms with van der Waals surface area (Å²) in [7, 11) is 0. The maximum absolute atomic E-state index is 12.6. The molecular weight excluding hydrogens is 318 g/mol. The van der Waals surface area contributed by atoms with Gasteiger partial charge in [0.1, 0.15) is 5.01 Å².